The summed E-state index contributed by atoms with van der Waals surface area (Å²) in [4.78, 5) is 11.6. The first-order valence-corrected chi connectivity index (χ1v) is 5.40. The highest BCUT2D eigenvalue weighted by Gasteiger charge is 2.10. The number of nitrogens with one attached hydrogen (secondary N) is 1. The van der Waals surface area contributed by atoms with Crippen LogP contribution in [-0.2, 0) is 6.54 Å². The first-order chi connectivity index (χ1) is 7.65. The molecule has 0 fully saturated rings. The van der Waals surface area contributed by atoms with Crippen molar-refractivity contribution in [3.8, 4) is 0 Å². The number of halogens is 1. The second-order valence-corrected chi connectivity index (χ2v) is 4.00. The molecule has 0 bridgehead atoms. The van der Waals surface area contributed by atoms with Gasteiger partial charge in [0, 0.05) is 6.07 Å². The summed E-state index contributed by atoms with van der Waals surface area (Å²) in [7, 11) is 0. The summed E-state index contributed by atoms with van der Waals surface area (Å²) in [6, 6.07) is 5.01. The van der Waals surface area contributed by atoms with Crippen LogP contribution in [0.25, 0.3) is 0 Å². The Morgan fingerprint density at radius 1 is 1.56 bits per heavy atom. The largest absolute Gasteiger partial charge is 0.444 e. The molecule has 0 aliphatic heterocycles. The predicted octanol–water partition coefficient (Wildman–Crippen LogP) is 2.27. The van der Waals surface area contributed by atoms with E-state index in [-0.39, 0.29) is 11.7 Å². The van der Waals surface area contributed by atoms with E-state index in [9.17, 15) is 4.79 Å². The molecule has 0 atom stereocenters. The van der Waals surface area contributed by atoms with Crippen LogP contribution in [-0.4, -0.2) is 11.1 Å². The highest BCUT2D eigenvalue weighted by atomic mass is 79.9. The Balaban J connectivity index is 1.93. The molecule has 0 spiro atoms. The van der Waals surface area contributed by atoms with Gasteiger partial charge in [-0.15, -0.1) is 0 Å². The summed E-state index contributed by atoms with van der Waals surface area (Å²) in [5.74, 6) is 0.684. The van der Waals surface area contributed by atoms with Gasteiger partial charge < -0.3 is 14.3 Å². The lowest BCUT2D eigenvalue weighted by molar-refractivity contribution is 0.0921. The van der Waals surface area contributed by atoms with Gasteiger partial charge in [0.25, 0.3) is 5.91 Å². The van der Waals surface area contributed by atoms with Gasteiger partial charge in [-0.25, -0.2) is 0 Å². The number of carbonyl (C=O) groups excluding carboxylic acids is 1. The molecule has 2 aromatic heterocycles. The van der Waals surface area contributed by atoms with Crippen LogP contribution in [0.5, 0.6) is 0 Å². The molecule has 5 nitrogen and oxygen atoms in total. The number of rotatable bonds is 3. The second-order valence-electron chi connectivity index (χ2n) is 3.22. The number of nitrogens with zero attached hydrogens (tertiary/aromatic N) is 1. The van der Waals surface area contributed by atoms with Crippen LogP contribution in [0.1, 0.15) is 22.0 Å². The molecular weight excluding hydrogens is 276 g/mol. The Labute approximate surface area is 99.9 Å². The van der Waals surface area contributed by atoms with E-state index in [0.29, 0.717) is 22.7 Å². The third kappa shape index (κ3) is 2.52. The minimum absolute atomic E-state index is 0.257. The number of amides is 1. The molecule has 1 N–H and O–H groups in total. The quantitative estimate of drug-likeness (QED) is 0.939. The van der Waals surface area contributed by atoms with Crippen molar-refractivity contribution in [3.05, 3.63) is 40.1 Å². The van der Waals surface area contributed by atoms with Gasteiger partial charge in [-0.1, -0.05) is 5.16 Å². The Hall–Kier alpha value is -1.56. The molecule has 0 unspecified atom stereocenters. The maximum atomic E-state index is 11.6. The first-order valence-electron chi connectivity index (χ1n) is 4.61. The smallest absolute Gasteiger partial charge is 0.287 e. The number of aromatic nitrogens is 1. The van der Waals surface area contributed by atoms with Gasteiger partial charge in [0.15, 0.2) is 10.4 Å². The maximum absolute atomic E-state index is 11.6. The molecular formula is C10H9BrN2O3. The summed E-state index contributed by atoms with van der Waals surface area (Å²) >= 11 is 3.13. The van der Waals surface area contributed by atoms with Gasteiger partial charge in [0.05, 0.1) is 6.54 Å². The molecule has 0 saturated heterocycles. The van der Waals surface area contributed by atoms with E-state index >= 15 is 0 Å². The second kappa shape index (κ2) is 4.52. The molecule has 84 valence electrons. The Bertz CT molecular complexity index is 504. The normalized spacial score (nSPS) is 10.4. The number of furan rings is 1. The third-order valence-corrected chi connectivity index (χ3v) is 2.33. The van der Waals surface area contributed by atoms with E-state index < -0.39 is 0 Å². The van der Waals surface area contributed by atoms with Crippen molar-refractivity contribution in [2.24, 2.45) is 0 Å². The Kier molecular flexibility index (Phi) is 3.09. The molecule has 6 heteroatoms. The van der Waals surface area contributed by atoms with Gasteiger partial charge in [0.1, 0.15) is 11.5 Å². The topological polar surface area (TPSA) is 68.3 Å². The molecule has 0 aliphatic carbocycles. The van der Waals surface area contributed by atoms with Crippen molar-refractivity contribution in [1.29, 1.82) is 0 Å². The van der Waals surface area contributed by atoms with Gasteiger partial charge in [0.2, 0.25) is 0 Å². The zero-order chi connectivity index (χ0) is 11.5. The maximum Gasteiger partial charge on any atom is 0.287 e. The van der Waals surface area contributed by atoms with E-state index in [0.717, 1.165) is 0 Å². The fourth-order valence-corrected chi connectivity index (χ4v) is 1.50. The zero-order valence-electron chi connectivity index (χ0n) is 8.49. The SMILES string of the molecule is Cc1cc(CNC(=O)c2ccc(Br)o2)no1. The summed E-state index contributed by atoms with van der Waals surface area (Å²) in [6.45, 7) is 2.11. The minimum Gasteiger partial charge on any atom is -0.444 e. The lowest BCUT2D eigenvalue weighted by atomic mass is 10.3. The summed E-state index contributed by atoms with van der Waals surface area (Å²) < 4.78 is 10.5. The van der Waals surface area contributed by atoms with Gasteiger partial charge >= 0.3 is 0 Å². The van der Waals surface area contributed by atoms with Gasteiger partial charge in [-0.3, -0.25) is 4.79 Å². The van der Waals surface area contributed by atoms with Crippen LogP contribution in [0.2, 0.25) is 0 Å². The number of aryl methyl sites for hydroxylation is 1. The average molecular weight is 285 g/mol. The average Bonchev–Trinajstić information content (AvgIpc) is 2.84. The molecule has 2 rings (SSSR count). The van der Waals surface area contributed by atoms with E-state index in [1.807, 2.05) is 0 Å². The van der Waals surface area contributed by atoms with Crippen LogP contribution >= 0.6 is 15.9 Å². The van der Waals surface area contributed by atoms with E-state index in [2.05, 4.69) is 26.4 Å². The van der Waals surface area contributed by atoms with Crippen LogP contribution in [0.4, 0.5) is 0 Å². The van der Waals surface area contributed by atoms with Crippen LogP contribution in [0.15, 0.2) is 31.8 Å². The highest BCUT2D eigenvalue weighted by Crippen LogP contribution is 2.13. The molecule has 0 aliphatic rings. The monoisotopic (exact) mass is 284 g/mol. The molecule has 0 saturated carbocycles. The van der Waals surface area contributed by atoms with Crippen molar-refractivity contribution in [2.45, 2.75) is 13.5 Å². The van der Waals surface area contributed by atoms with Crippen molar-refractivity contribution in [2.75, 3.05) is 0 Å². The van der Waals surface area contributed by atoms with Crippen LogP contribution in [0.3, 0.4) is 0 Å². The zero-order valence-corrected chi connectivity index (χ0v) is 10.1. The predicted molar refractivity (Wildman–Crippen MR) is 58.8 cm³/mol. The van der Waals surface area contributed by atoms with Gasteiger partial charge in [-0.2, -0.15) is 0 Å². The Morgan fingerprint density at radius 2 is 2.38 bits per heavy atom. The number of carbonyl (C=O) groups is 1. The molecule has 2 heterocycles. The standard InChI is InChI=1S/C10H9BrN2O3/c1-6-4-7(13-16-6)5-12-10(14)8-2-3-9(11)15-8/h2-4H,5H2,1H3,(H,12,14). The highest BCUT2D eigenvalue weighted by molar-refractivity contribution is 9.10. The fraction of sp³-hybridized carbons (Fsp3) is 0.200. The van der Waals surface area contributed by atoms with Crippen molar-refractivity contribution >= 4 is 21.8 Å². The van der Waals surface area contributed by atoms with Crippen molar-refractivity contribution < 1.29 is 13.7 Å². The van der Waals surface area contributed by atoms with Crippen LogP contribution < -0.4 is 5.32 Å². The van der Waals surface area contributed by atoms with Gasteiger partial charge in [-0.05, 0) is 35.0 Å². The lowest BCUT2D eigenvalue weighted by Crippen LogP contribution is -2.22. The summed E-state index contributed by atoms with van der Waals surface area (Å²) in [5.41, 5.74) is 0.677. The molecule has 0 radical (unpaired) electrons. The molecule has 1 amide bonds. The number of hydrogen-bond acceptors (Lipinski definition) is 4. The summed E-state index contributed by atoms with van der Waals surface area (Å²) in [6.07, 6.45) is 0. The van der Waals surface area contributed by atoms with E-state index in [1.165, 1.54) is 0 Å². The molecule has 0 aromatic carbocycles. The fourth-order valence-electron chi connectivity index (χ4n) is 1.20. The van der Waals surface area contributed by atoms with Crippen molar-refractivity contribution in [1.82, 2.24) is 10.5 Å². The third-order valence-electron chi connectivity index (χ3n) is 1.90. The van der Waals surface area contributed by atoms with Crippen LogP contribution in [0, 0.1) is 6.92 Å². The minimum atomic E-state index is -0.286. The first kappa shape index (κ1) is 10.9. The van der Waals surface area contributed by atoms with Crippen molar-refractivity contribution in [3.63, 3.8) is 0 Å². The molecule has 16 heavy (non-hydrogen) atoms. The summed E-state index contributed by atoms with van der Waals surface area (Å²) in [5, 5.41) is 6.42. The Morgan fingerprint density at radius 3 is 2.94 bits per heavy atom. The van der Waals surface area contributed by atoms with E-state index in [1.54, 1.807) is 25.1 Å². The van der Waals surface area contributed by atoms with E-state index in [4.69, 9.17) is 8.94 Å². The lowest BCUT2D eigenvalue weighted by Gasteiger charge is -1.98. The molecule has 2 aromatic rings. The number of hydrogen-bond donors (Lipinski definition) is 1.